The molecule has 1 N–H and O–H groups in total. The fraction of sp³-hybridized carbons (Fsp3) is 0.350. The van der Waals surface area contributed by atoms with Gasteiger partial charge in [-0.3, -0.25) is 9.10 Å². The van der Waals surface area contributed by atoms with Crippen molar-refractivity contribution in [3.05, 3.63) is 57.6 Å². The quantitative estimate of drug-likeness (QED) is 0.652. The second kappa shape index (κ2) is 9.16. The predicted molar refractivity (Wildman–Crippen MR) is 117 cm³/mol. The first kappa shape index (κ1) is 22.5. The Labute approximate surface area is 176 Å². The lowest BCUT2D eigenvalue weighted by Crippen LogP contribution is -2.47. The van der Waals surface area contributed by atoms with Crippen molar-refractivity contribution in [3.63, 3.8) is 0 Å². The van der Waals surface area contributed by atoms with E-state index < -0.39 is 22.0 Å². The normalized spacial score (nSPS) is 12.5. The zero-order valence-corrected chi connectivity index (χ0v) is 18.6. The maximum absolute atomic E-state index is 13.1. The number of rotatable bonds is 7. The highest BCUT2D eigenvalue weighted by Crippen LogP contribution is 2.30. The van der Waals surface area contributed by atoms with E-state index in [-0.39, 0.29) is 12.1 Å². The van der Waals surface area contributed by atoms with E-state index in [4.69, 9.17) is 23.2 Å². The van der Waals surface area contributed by atoms with Crippen LogP contribution in [-0.2, 0) is 21.2 Å². The lowest BCUT2D eigenvalue weighted by atomic mass is 10.0. The Morgan fingerprint density at radius 1 is 1.14 bits per heavy atom. The monoisotopic (exact) mass is 442 g/mol. The van der Waals surface area contributed by atoms with Gasteiger partial charge in [0.15, 0.2) is 0 Å². The number of halogens is 2. The van der Waals surface area contributed by atoms with Crippen LogP contribution in [0.25, 0.3) is 0 Å². The number of benzene rings is 2. The third kappa shape index (κ3) is 5.19. The molecule has 28 heavy (non-hydrogen) atoms. The molecule has 152 valence electrons. The summed E-state index contributed by atoms with van der Waals surface area (Å²) < 4.78 is 26.2. The van der Waals surface area contributed by atoms with Gasteiger partial charge in [-0.05, 0) is 49.1 Å². The van der Waals surface area contributed by atoms with Crippen LogP contribution in [0.15, 0.2) is 36.4 Å². The lowest BCUT2D eigenvalue weighted by Gasteiger charge is -2.30. The number of hydrogen-bond donors (Lipinski definition) is 1. The SMILES string of the molecule is CCc1cccc(C)c1NC(=O)[C@@H](CC)N(c1cc(Cl)cc(Cl)c1)S(C)(=O)=O. The van der Waals surface area contributed by atoms with E-state index in [9.17, 15) is 13.2 Å². The van der Waals surface area contributed by atoms with Gasteiger partial charge < -0.3 is 5.32 Å². The molecule has 1 atom stereocenters. The second-order valence-corrected chi connectivity index (χ2v) is 9.29. The van der Waals surface area contributed by atoms with E-state index in [2.05, 4.69) is 5.32 Å². The summed E-state index contributed by atoms with van der Waals surface area (Å²) >= 11 is 12.1. The molecule has 2 aromatic carbocycles. The highest BCUT2D eigenvalue weighted by Gasteiger charge is 2.32. The van der Waals surface area contributed by atoms with Crippen LogP contribution in [0, 0.1) is 6.92 Å². The summed E-state index contributed by atoms with van der Waals surface area (Å²) in [5.41, 5.74) is 2.87. The average Bonchev–Trinajstić information content (AvgIpc) is 2.58. The average molecular weight is 443 g/mol. The minimum absolute atomic E-state index is 0.252. The van der Waals surface area contributed by atoms with Crippen LogP contribution < -0.4 is 9.62 Å². The molecule has 2 rings (SSSR count). The topological polar surface area (TPSA) is 66.5 Å². The Kier molecular flexibility index (Phi) is 7.37. The fourth-order valence-electron chi connectivity index (χ4n) is 3.14. The molecule has 1 amide bonds. The van der Waals surface area contributed by atoms with E-state index in [0.717, 1.165) is 28.1 Å². The summed E-state index contributed by atoms with van der Waals surface area (Å²) in [6.07, 6.45) is 2.08. The fourth-order valence-corrected chi connectivity index (χ4v) is 4.85. The largest absolute Gasteiger partial charge is 0.324 e. The standard InChI is InChI=1S/C20H24Cl2N2O3S/c1-5-14-9-7-8-13(3)19(14)23-20(25)18(6-2)24(28(4,26)27)17-11-15(21)10-16(22)12-17/h7-12,18H,5-6H2,1-4H3,(H,23,25)/t18-/m1/s1. The zero-order valence-electron chi connectivity index (χ0n) is 16.3. The first-order valence-electron chi connectivity index (χ1n) is 8.93. The molecule has 0 spiro atoms. The Balaban J connectivity index is 2.48. The van der Waals surface area contributed by atoms with Gasteiger partial charge in [-0.25, -0.2) is 8.42 Å². The Hall–Kier alpha value is -1.76. The van der Waals surface area contributed by atoms with Crippen LogP contribution in [0.4, 0.5) is 11.4 Å². The molecule has 0 aliphatic heterocycles. The number of sulfonamides is 1. The first-order valence-corrected chi connectivity index (χ1v) is 11.5. The number of para-hydroxylation sites is 1. The molecule has 2 aromatic rings. The number of aryl methyl sites for hydroxylation is 2. The van der Waals surface area contributed by atoms with Crippen molar-refractivity contribution in [2.75, 3.05) is 15.9 Å². The van der Waals surface area contributed by atoms with Crippen LogP contribution in [-0.4, -0.2) is 26.6 Å². The number of nitrogens with zero attached hydrogens (tertiary/aromatic N) is 1. The van der Waals surface area contributed by atoms with E-state index >= 15 is 0 Å². The molecule has 0 aromatic heterocycles. The molecule has 0 bridgehead atoms. The van der Waals surface area contributed by atoms with Crippen molar-refractivity contribution in [1.29, 1.82) is 0 Å². The Morgan fingerprint density at radius 3 is 2.25 bits per heavy atom. The summed E-state index contributed by atoms with van der Waals surface area (Å²) in [4.78, 5) is 13.1. The highest BCUT2D eigenvalue weighted by molar-refractivity contribution is 7.92. The molecule has 0 radical (unpaired) electrons. The number of hydrogen-bond acceptors (Lipinski definition) is 3. The van der Waals surface area contributed by atoms with E-state index in [1.807, 2.05) is 32.0 Å². The maximum Gasteiger partial charge on any atom is 0.248 e. The van der Waals surface area contributed by atoms with E-state index in [0.29, 0.717) is 15.7 Å². The summed E-state index contributed by atoms with van der Waals surface area (Å²) in [7, 11) is -3.77. The number of carbonyl (C=O) groups excluding carboxylic acids is 1. The van der Waals surface area contributed by atoms with Crippen LogP contribution >= 0.6 is 23.2 Å². The molecule has 0 saturated heterocycles. The predicted octanol–water partition coefficient (Wildman–Crippen LogP) is 5.05. The minimum Gasteiger partial charge on any atom is -0.324 e. The maximum atomic E-state index is 13.1. The summed E-state index contributed by atoms with van der Waals surface area (Å²) in [5.74, 6) is -0.409. The third-order valence-electron chi connectivity index (χ3n) is 4.42. The van der Waals surface area contributed by atoms with Gasteiger partial charge in [0.1, 0.15) is 6.04 Å². The molecule has 0 heterocycles. The van der Waals surface area contributed by atoms with E-state index in [1.165, 1.54) is 18.2 Å². The van der Waals surface area contributed by atoms with Crippen LogP contribution in [0.1, 0.15) is 31.4 Å². The first-order chi connectivity index (χ1) is 13.1. The molecule has 0 unspecified atom stereocenters. The third-order valence-corrected chi connectivity index (χ3v) is 6.04. The van der Waals surface area contributed by atoms with E-state index in [1.54, 1.807) is 6.92 Å². The molecule has 0 aliphatic carbocycles. The van der Waals surface area contributed by atoms with Crippen molar-refractivity contribution in [3.8, 4) is 0 Å². The molecule has 8 heteroatoms. The van der Waals surface area contributed by atoms with Gasteiger partial charge in [-0.2, -0.15) is 0 Å². The number of amides is 1. The molecule has 0 fully saturated rings. The number of anilines is 2. The Morgan fingerprint density at radius 2 is 1.75 bits per heavy atom. The minimum atomic E-state index is -3.77. The van der Waals surface area contributed by atoms with Crippen LogP contribution in [0.5, 0.6) is 0 Å². The zero-order chi connectivity index (χ0) is 21.1. The number of nitrogens with one attached hydrogen (secondary N) is 1. The van der Waals surface area contributed by atoms with Crippen LogP contribution in [0.3, 0.4) is 0 Å². The molecule has 5 nitrogen and oxygen atoms in total. The van der Waals surface area contributed by atoms with Crippen molar-refractivity contribution >= 4 is 50.5 Å². The van der Waals surface area contributed by atoms with Gasteiger partial charge in [0.2, 0.25) is 15.9 Å². The second-order valence-electron chi connectivity index (χ2n) is 6.56. The summed E-state index contributed by atoms with van der Waals surface area (Å²) in [6, 6.07) is 9.29. The van der Waals surface area contributed by atoms with Crippen molar-refractivity contribution in [2.45, 2.75) is 39.7 Å². The van der Waals surface area contributed by atoms with Gasteiger partial charge in [-0.1, -0.05) is 55.2 Å². The van der Waals surface area contributed by atoms with Gasteiger partial charge in [0.25, 0.3) is 0 Å². The van der Waals surface area contributed by atoms with Gasteiger partial charge in [0.05, 0.1) is 11.9 Å². The molecule has 0 aliphatic rings. The molecular formula is C20H24Cl2N2O3S. The van der Waals surface area contributed by atoms with Crippen molar-refractivity contribution < 1.29 is 13.2 Å². The Bertz CT molecular complexity index is 957. The number of carbonyl (C=O) groups is 1. The van der Waals surface area contributed by atoms with Gasteiger partial charge >= 0.3 is 0 Å². The van der Waals surface area contributed by atoms with Gasteiger partial charge in [0, 0.05) is 15.7 Å². The molecular weight excluding hydrogens is 419 g/mol. The lowest BCUT2D eigenvalue weighted by molar-refractivity contribution is -0.117. The molecule has 0 saturated carbocycles. The smallest absolute Gasteiger partial charge is 0.248 e. The summed E-state index contributed by atoms with van der Waals surface area (Å²) in [5, 5.41) is 3.50. The van der Waals surface area contributed by atoms with Crippen LogP contribution in [0.2, 0.25) is 10.0 Å². The van der Waals surface area contributed by atoms with Crippen molar-refractivity contribution in [2.24, 2.45) is 0 Å². The van der Waals surface area contributed by atoms with Gasteiger partial charge in [-0.15, -0.1) is 0 Å². The highest BCUT2D eigenvalue weighted by atomic mass is 35.5. The van der Waals surface area contributed by atoms with Crippen molar-refractivity contribution in [1.82, 2.24) is 0 Å². The summed E-state index contributed by atoms with van der Waals surface area (Å²) in [6.45, 7) is 5.66.